The van der Waals surface area contributed by atoms with Gasteiger partial charge >= 0.3 is 0 Å². The fourth-order valence-corrected chi connectivity index (χ4v) is 7.10. The molecule has 0 radical (unpaired) electrons. The maximum Gasteiger partial charge on any atom is 0.235 e. The number of pyridine rings is 1. The van der Waals surface area contributed by atoms with Crippen LogP contribution in [0.1, 0.15) is 18.1 Å². The van der Waals surface area contributed by atoms with Crippen molar-refractivity contribution in [3.05, 3.63) is 188 Å². The van der Waals surface area contributed by atoms with Crippen molar-refractivity contribution in [3.63, 3.8) is 0 Å². The molecule has 0 fully saturated rings. The molecule has 6 aromatic carbocycles. The third-order valence-corrected chi connectivity index (χ3v) is 9.59. The van der Waals surface area contributed by atoms with E-state index in [2.05, 4.69) is 130 Å². The standard InChI is InChI=1S/C46H33N5/c1-31(33-14-6-3-7-15-33)48-46(49-32(2)34-16-8-4-9-17-34)51-42-21-13-12-20-38(42)39-24-22-36(29-45(39)51)35-23-25-43-40(28-35)41-30-47-27-26-44(41)50(43)37-18-10-5-11-19-37/h3-30H,1H2,2H3. The van der Waals surface area contributed by atoms with E-state index in [4.69, 9.17) is 9.98 Å². The van der Waals surface area contributed by atoms with Crippen LogP contribution in [0.2, 0.25) is 0 Å². The van der Waals surface area contributed by atoms with E-state index in [1.807, 2.05) is 67.8 Å². The van der Waals surface area contributed by atoms with Gasteiger partial charge in [0.2, 0.25) is 5.96 Å². The molecule has 0 aliphatic heterocycles. The number of para-hydroxylation sites is 2. The third-order valence-electron chi connectivity index (χ3n) is 9.59. The molecule has 0 aliphatic rings. The Bertz CT molecular complexity index is 2810. The molecular formula is C46H33N5. The number of aromatic nitrogens is 3. The Morgan fingerprint density at radius 1 is 0.529 bits per heavy atom. The summed E-state index contributed by atoms with van der Waals surface area (Å²) >= 11 is 0. The number of nitrogens with zero attached hydrogens (tertiary/aromatic N) is 5. The molecule has 9 aromatic rings. The van der Waals surface area contributed by atoms with E-state index in [-0.39, 0.29) is 0 Å². The average Bonchev–Trinajstić information content (AvgIpc) is 3.70. The summed E-state index contributed by atoms with van der Waals surface area (Å²) in [6.45, 7) is 6.41. The van der Waals surface area contributed by atoms with Crippen molar-refractivity contribution in [3.8, 4) is 16.8 Å². The van der Waals surface area contributed by atoms with Gasteiger partial charge in [-0.15, -0.1) is 0 Å². The van der Waals surface area contributed by atoms with Gasteiger partial charge in [0.05, 0.1) is 27.8 Å². The monoisotopic (exact) mass is 655 g/mol. The number of fused-ring (bicyclic) bond motifs is 6. The van der Waals surface area contributed by atoms with Crippen LogP contribution in [0.15, 0.2) is 187 Å². The lowest BCUT2D eigenvalue weighted by Crippen LogP contribution is -2.12. The van der Waals surface area contributed by atoms with Gasteiger partial charge in [0.1, 0.15) is 0 Å². The van der Waals surface area contributed by atoms with Gasteiger partial charge in [-0.05, 0) is 71.6 Å². The van der Waals surface area contributed by atoms with Crippen molar-refractivity contribution >= 4 is 61.0 Å². The summed E-state index contributed by atoms with van der Waals surface area (Å²) in [7, 11) is 0. The van der Waals surface area contributed by atoms with Crippen LogP contribution < -0.4 is 0 Å². The summed E-state index contributed by atoms with van der Waals surface area (Å²) < 4.78 is 4.49. The van der Waals surface area contributed by atoms with Crippen LogP contribution in [0.5, 0.6) is 0 Å². The Hall–Kier alpha value is -6.85. The summed E-state index contributed by atoms with van der Waals surface area (Å²) in [5.41, 5.74) is 11.2. The lowest BCUT2D eigenvalue weighted by molar-refractivity contribution is 1.17. The predicted octanol–water partition coefficient (Wildman–Crippen LogP) is 11.3. The molecule has 3 aromatic heterocycles. The van der Waals surface area contributed by atoms with E-state index in [1.54, 1.807) is 0 Å². The highest BCUT2D eigenvalue weighted by atomic mass is 15.2. The summed E-state index contributed by atoms with van der Waals surface area (Å²) in [6, 6.07) is 54.8. The maximum atomic E-state index is 5.22. The maximum absolute atomic E-state index is 5.22. The minimum absolute atomic E-state index is 0.556. The first-order chi connectivity index (χ1) is 25.1. The Labute approximate surface area is 295 Å². The Morgan fingerprint density at radius 2 is 1.16 bits per heavy atom. The molecule has 51 heavy (non-hydrogen) atoms. The second-order valence-electron chi connectivity index (χ2n) is 12.7. The lowest BCUT2D eigenvalue weighted by atomic mass is 10.0. The van der Waals surface area contributed by atoms with Gasteiger partial charge in [0.15, 0.2) is 0 Å². The van der Waals surface area contributed by atoms with Gasteiger partial charge in [-0.3, -0.25) is 9.55 Å². The van der Waals surface area contributed by atoms with Crippen molar-refractivity contribution in [1.82, 2.24) is 14.1 Å². The van der Waals surface area contributed by atoms with Gasteiger partial charge in [-0.25, -0.2) is 9.98 Å². The average molecular weight is 656 g/mol. The zero-order valence-electron chi connectivity index (χ0n) is 28.1. The molecule has 0 atom stereocenters. The van der Waals surface area contributed by atoms with Crippen molar-refractivity contribution in [2.24, 2.45) is 9.98 Å². The second kappa shape index (κ2) is 12.6. The molecule has 0 aliphatic carbocycles. The molecule has 0 saturated carbocycles. The molecular weight excluding hydrogens is 623 g/mol. The summed E-state index contributed by atoms with van der Waals surface area (Å²) in [5.74, 6) is 0.556. The number of benzene rings is 6. The van der Waals surface area contributed by atoms with Gasteiger partial charge in [0.25, 0.3) is 0 Å². The smallest absolute Gasteiger partial charge is 0.235 e. The Balaban J connectivity index is 1.27. The molecule has 0 unspecified atom stereocenters. The van der Waals surface area contributed by atoms with Gasteiger partial charge in [-0.2, -0.15) is 0 Å². The van der Waals surface area contributed by atoms with Crippen LogP contribution >= 0.6 is 0 Å². The summed E-state index contributed by atoms with van der Waals surface area (Å²) in [4.78, 5) is 14.9. The van der Waals surface area contributed by atoms with E-state index in [0.717, 1.165) is 77.3 Å². The van der Waals surface area contributed by atoms with Crippen molar-refractivity contribution in [1.29, 1.82) is 0 Å². The quantitative estimate of drug-likeness (QED) is 0.134. The predicted molar refractivity (Wildman–Crippen MR) is 214 cm³/mol. The van der Waals surface area contributed by atoms with E-state index in [9.17, 15) is 0 Å². The normalized spacial score (nSPS) is 12.3. The molecule has 0 N–H and O–H groups in total. The molecule has 9 rings (SSSR count). The second-order valence-corrected chi connectivity index (χ2v) is 12.7. The van der Waals surface area contributed by atoms with Crippen LogP contribution in [-0.2, 0) is 0 Å². The fraction of sp³-hybridized carbons (Fsp3) is 0.0217. The van der Waals surface area contributed by atoms with Crippen LogP contribution in [-0.4, -0.2) is 25.8 Å². The molecule has 5 nitrogen and oxygen atoms in total. The number of hydrogen-bond acceptors (Lipinski definition) is 2. The zero-order valence-corrected chi connectivity index (χ0v) is 28.1. The first kappa shape index (κ1) is 30.2. The van der Waals surface area contributed by atoms with E-state index in [1.165, 1.54) is 0 Å². The number of aliphatic imine (C=N–C) groups is 2. The van der Waals surface area contributed by atoms with Crippen molar-refractivity contribution < 1.29 is 0 Å². The van der Waals surface area contributed by atoms with Crippen LogP contribution in [0.3, 0.4) is 0 Å². The van der Waals surface area contributed by atoms with Gasteiger partial charge in [0, 0.05) is 45.3 Å². The highest BCUT2D eigenvalue weighted by Gasteiger charge is 2.18. The van der Waals surface area contributed by atoms with E-state index in [0.29, 0.717) is 11.7 Å². The fourth-order valence-electron chi connectivity index (χ4n) is 7.10. The van der Waals surface area contributed by atoms with Crippen LogP contribution in [0.25, 0.3) is 66.1 Å². The van der Waals surface area contributed by atoms with E-state index >= 15 is 0 Å². The highest BCUT2D eigenvalue weighted by Crippen LogP contribution is 2.37. The summed E-state index contributed by atoms with van der Waals surface area (Å²) in [5, 5.41) is 4.54. The Kier molecular flexibility index (Phi) is 7.44. The minimum Gasteiger partial charge on any atom is -0.309 e. The van der Waals surface area contributed by atoms with Gasteiger partial charge < -0.3 is 4.57 Å². The number of rotatable bonds is 5. The highest BCUT2D eigenvalue weighted by molar-refractivity contribution is 6.18. The van der Waals surface area contributed by atoms with Gasteiger partial charge in [-0.1, -0.05) is 122 Å². The Morgan fingerprint density at radius 3 is 1.94 bits per heavy atom. The van der Waals surface area contributed by atoms with Crippen LogP contribution in [0, 0.1) is 0 Å². The third kappa shape index (κ3) is 5.32. The first-order valence-electron chi connectivity index (χ1n) is 17.1. The minimum atomic E-state index is 0.556. The molecule has 242 valence electrons. The SMILES string of the molecule is C=C(N=C(N=C(C)c1ccccc1)n1c2ccccc2c2ccc(-c3ccc4c(c3)c3cnccc3n4-c3ccccc3)cc21)c1ccccc1. The number of hydrogen-bond donors (Lipinski definition) is 0. The first-order valence-corrected chi connectivity index (χ1v) is 17.1. The molecule has 0 saturated heterocycles. The molecule has 3 heterocycles. The topological polar surface area (TPSA) is 47.5 Å². The summed E-state index contributed by atoms with van der Waals surface area (Å²) in [6.07, 6.45) is 3.83. The van der Waals surface area contributed by atoms with E-state index < -0.39 is 0 Å². The largest absolute Gasteiger partial charge is 0.309 e. The van der Waals surface area contributed by atoms with Crippen molar-refractivity contribution in [2.75, 3.05) is 0 Å². The van der Waals surface area contributed by atoms with Crippen LogP contribution in [0.4, 0.5) is 0 Å². The molecule has 5 heteroatoms. The molecule has 0 bridgehead atoms. The van der Waals surface area contributed by atoms with Crippen molar-refractivity contribution in [2.45, 2.75) is 6.92 Å². The molecule has 0 amide bonds. The molecule has 0 spiro atoms. The lowest BCUT2D eigenvalue weighted by Gasteiger charge is -2.12. The zero-order chi connectivity index (χ0) is 34.3.